The minimum atomic E-state index is -1.07. The Labute approximate surface area is 196 Å². The zero-order valence-electron chi connectivity index (χ0n) is 19.3. The van der Waals surface area contributed by atoms with E-state index in [1.54, 1.807) is 19.1 Å². The van der Waals surface area contributed by atoms with Gasteiger partial charge in [-0.05, 0) is 44.0 Å². The molecule has 3 rings (SSSR count). The van der Waals surface area contributed by atoms with E-state index in [-0.39, 0.29) is 17.6 Å². The number of anilines is 1. The highest BCUT2D eigenvalue weighted by atomic mass is 16.4. The number of rotatable bonds is 8. The van der Waals surface area contributed by atoms with E-state index < -0.39 is 41.3 Å². The maximum absolute atomic E-state index is 13.6. The molecule has 3 aromatic rings. The van der Waals surface area contributed by atoms with Crippen molar-refractivity contribution in [3.8, 4) is 0 Å². The van der Waals surface area contributed by atoms with Crippen LogP contribution in [0.15, 0.2) is 57.7 Å². The van der Waals surface area contributed by atoms with E-state index in [0.717, 1.165) is 5.56 Å². The Morgan fingerprint density at radius 2 is 1.68 bits per heavy atom. The molecule has 0 spiro atoms. The molecule has 3 unspecified atom stereocenters. The highest BCUT2D eigenvalue weighted by molar-refractivity contribution is 6.06. The molecule has 0 aliphatic heterocycles. The van der Waals surface area contributed by atoms with Crippen LogP contribution in [-0.4, -0.2) is 35.7 Å². The number of nitrogens with one attached hydrogen (secondary N) is 2. The molecule has 3 atom stereocenters. The Morgan fingerprint density at radius 3 is 2.32 bits per heavy atom. The second-order valence-electron chi connectivity index (χ2n) is 8.28. The normalized spacial score (nSPS) is 13.6. The largest absolute Gasteiger partial charge is 0.422 e. The third-order valence-electron chi connectivity index (χ3n) is 5.52. The minimum Gasteiger partial charge on any atom is -0.422 e. The molecule has 9 nitrogen and oxygen atoms in total. The molecule has 9 heteroatoms. The van der Waals surface area contributed by atoms with Crippen LogP contribution in [0.5, 0.6) is 0 Å². The molecule has 2 aromatic carbocycles. The van der Waals surface area contributed by atoms with Crippen LogP contribution >= 0.6 is 0 Å². The average Bonchev–Trinajstić information content (AvgIpc) is 2.78. The lowest BCUT2D eigenvalue weighted by atomic mass is 9.94. The molecule has 0 saturated carbocycles. The summed E-state index contributed by atoms with van der Waals surface area (Å²) in [5.41, 5.74) is 12.3. The molecule has 1 aromatic heterocycles. The van der Waals surface area contributed by atoms with Gasteiger partial charge in [-0.3, -0.25) is 14.4 Å². The molecule has 1 heterocycles. The molecule has 0 aliphatic rings. The maximum atomic E-state index is 13.6. The predicted molar refractivity (Wildman–Crippen MR) is 129 cm³/mol. The van der Waals surface area contributed by atoms with Gasteiger partial charge in [-0.2, -0.15) is 0 Å². The zero-order chi connectivity index (χ0) is 25.0. The first kappa shape index (κ1) is 24.7. The number of carbonyl (C=O) groups excluding carboxylic acids is 3. The number of nitrogen functional groups attached to an aromatic ring is 1. The van der Waals surface area contributed by atoms with Crippen molar-refractivity contribution in [2.24, 2.45) is 5.73 Å². The molecule has 178 valence electrons. The number of hydrogen-bond acceptors (Lipinski definition) is 7. The van der Waals surface area contributed by atoms with Crippen LogP contribution in [0.4, 0.5) is 5.69 Å². The van der Waals surface area contributed by atoms with Gasteiger partial charge in [0.15, 0.2) is 5.78 Å². The fourth-order valence-corrected chi connectivity index (χ4v) is 3.60. The van der Waals surface area contributed by atoms with E-state index in [2.05, 4.69) is 10.6 Å². The van der Waals surface area contributed by atoms with E-state index >= 15 is 0 Å². The Bertz CT molecular complexity index is 1280. The van der Waals surface area contributed by atoms with E-state index in [9.17, 15) is 19.2 Å². The number of amides is 2. The van der Waals surface area contributed by atoms with E-state index in [0.29, 0.717) is 16.6 Å². The van der Waals surface area contributed by atoms with Gasteiger partial charge in [-0.25, -0.2) is 4.79 Å². The zero-order valence-corrected chi connectivity index (χ0v) is 19.3. The van der Waals surface area contributed by atoms with Gasteiger partial charge in [0.05, 0.1) is 12.1 Å². The number of fused-ring (bicyclic) bond motifs is 1. The molecule has 0 radical (unpaired) electrons. The topological polar surface area (TPSA) is 158 Å². The molecule has 34 heavy (non-hydrogen) atoms. The summed E-state index contributed by atoms with van der Waals surface area (Å²) in [5, 5.41) is 5.74. The molecular formula is C25H28N4O5. The Balaban J connectivity index is 1.97. The molecular weight excluding hydrogens is 436 g/mol. The Hall–Kier alpha value is -3.98. The predicted octanol–water partition coefficient (Wildman–Crippen LogP) is 1.45. The summed E-state index contributed by atoms with van der Waals surface area (Å²) in [5.74, 6) is -1.68. The van der Waals surface area contributed by atoms with Crippen LogP contribution in [0, 0.1) is 6.92 Å². The minimum absolute atomic E-state index is 0.137. The lowest BCUT2D eigenvalue weighted by Crippen LogP contribution is -2.53. The highest BCUT2D eigenvalue weighted by Gasteiger charge is 2.30. The maximum Gasteiger partial charge on any atom is 0.347 e. The van der Waals surface area contributed by atoms with Crippen molar-refractivity contribution in [1.29, 1.82) is 0 Å². The number of hydrogen-bond donors (Lipinski definition) is 4. The summed E-state index contributed by atoms with van der Waals surface area (Å²) in [6.07, 6.45) is 0.137. The highest BCUT2D eigenvalue weighted by Crippen LogP contribution is 2.23. The molecule has 0 fully saturated rings. The van der Waals surface area contributed by atoms with Crippen molar-refractivity contribution in [1.82, 2.24) is 10.6 Å². The van der Waals surface area contributed by atoms with Crippen LogP contribution in [-0.2, 0) is 16.0 Å². The number of carbonyl (C=O) groups is 3. The van der Waals surface area contributed by atoms with Crippen LogP contribution in [0.3, 0.4) is 0 Å². The van der Waals surface area contributed by atoms with Gasteiger partial charge in [0, 0.05) is 23.6 Å². The van der Waals surface area contributed by atoms with Crippen molar-refractivity contribution in [3.63, 3.8) is 0 Å². The summed E-state index contributed by atoms with van der Waals surface area (Å²) in [4.78, 5) is 51.1. The summed E-state index contributed by atoms with van der Waals surface area (Å²) < 4.78 is 5.37. The fourth-order valence-electron chi connectivity index (χ4n) is 3.60. The van der Waals surface area contributed by atoms with Crippen LogP contribution < -0.4 is 27.7 Å². The molecule has 0 saturated heterocycles. The Morgan fingerprint density at radius 1 is 1.00 bits per heavy atom. The lowest BCUT2D eigenvalue weighted by Gasteiger charge is -2.22. The first-order chi connectivity index (χ1) is 16.1. The average molecular weight is 465 g/mol. The van der Waals surface area contributed by atoms with Gasteiger partial charge in [0.2, 0.25) is 11.8 Å². The monoisotopic (exact) mass is 464 g/mol. The second-order valence-corrected chi connectivity index (χ2v) is 8.28. The second kappa shape index (κ2) is 10.3. The third-order valence-corrected chi connectivity index (χ3v) is 5.52. The summed E-state index contributed by atoms with van der Waals surface area (Å²) in [6, 6.07) is 11.1. The van der Waals surface area contributed by atoms with Crippen LogP contribution in [0.25, 0.3) is 11.0 Å². The van der Waals surface area contributed by atoms with Crippen molar-refractivity contribution >= 4 is 34.3 Å². The van der Waals surface area contributed by atoms with Gasteiger partial charge < -0.3 is 26.5 Å². The van der Waals surface area contributed by atoms with E-state index in [1.165, 1.54) is 19.9 Å². The SMILES string of the molecule is Cc1c(C(=O)C(Cc2ccccc2)NC(=O)C(C)NC(=O)C(C)N)c(=O)oc2cc(N)ccc12. The summed E-state index contributed by atoms with van der Waals surface area (Å²) in [7, 11) is 0. The molecule has 0 bridgehead atoms. The quantitative estimate of drug-likeness (QED) is 0.223. The first-order valence-corrected chi connectivity index (χ1v) is 10.9. The standard InChI is InChI=1S/C25H28N4O5/c1-13-18-10-9-17(27)12-20(18)34-25(33)21(13)22(30)19(11-16-7-5-4-6-8-16)29-24(32)15(3)28-23(31)14(2)26/h4-10,12,14-15,19H,11,26-27H2,1-3H3,(H,28,31)(H,29,32). The lowest BCUT2D eigenvalue weighted by molar-refractivity contribution is -0.129. The van der Waals surface area contributed by atoms with Gasteiger partial charge in [-0.1, -0.05) is 30.3 Å². The van der Waals surface area contributed by atoms with Crippen molar-refractivity contribution in [2.75, 3.05) is 5.73 Å². The van der Waals surface area contributed by atoms with Crippen LogP contribution in [0.1, 0.15) is 35.3 Å². The van der Waals surface area contributed by atoms with Gasteiger partial charge in [0.25, 0.3) is 0 Å². The van der Waals surface area contributed by atoms with Gasteiger partial charge in [0.1, 0.15) is 17.2 Å². The van der Waals surface area contributed by atoms with Gasteiger partial charge >= 0.3 is 5.63 Å². The van der Waals surface area contributed by atoms with E-state index in [1.807, 2.05) is 30.3 Å². The number of aryl methyl sites for hydroxylation is 1. The molecule has 0 aliphatic carbocycles. The molecule has 2 amide bonds. The fraction of sp³-hybridized carbons (Fsp3) is 0.280. The Kier molecular flexibility index (Phi) is 7.47. The number of ketones is 1. The number of nitrogens with two attached hydrogens (primary N) is 2. The third kappa shape index (κ3) is 5.49. The number of Topliss-reactive ketones (excluding diaryl/α,β-unsaturated/α-hetero) is 1. The number of benzene rings is 2. The van der Waals surface area contributed by atoms with Gasteiger partial charge in [-0.15, -0.1) is 0 Å². The smallest absolute Gasteiger partial charge is 0.347 e. The first-order valence-electron chi connectivity index (χ1n) is 10.9. The summed E-state index contributed by atoms with van der Waals surface area (Å²) >= 11 is 0. The van der Waals surface area contributed by atoms with Crippen molar-refractivity contribution < 1.29 is 18.8 Å². The van der Waals surface area contributed by atoms with Crippen LogP contribution in [0.2, 0.25) is 0 Å². The van der Waals surface area contributed by atoms with Crippen molar-refractivity contribution in [3.05, 3.63) is 75.6 Å². The van der Waals surface area contributed by atoms with Crippen molar-refractivity contribution in [2.45, 2.75) is 45.3 Å². The van der Waals surface area contributed by atoms with E-state index in [4.69, 9.17) is 15.9 Å². The molecule has 6 N–H and O–H groups in total. The summed E-state index contributed by atoms with van der Waals surface area (Å²) in [6.45, 7) is 4.63.